The zero-order chi connectivity index (χ0) is 28.9. The summed E-state index contributed by atoms with van der Waals surface area (Å²) in [5, 5.41) is 6.56. The molecule has 0 aliphatic heterocycles. The second-order valence-corrected chi connectivity index (χ2v) is 11.5. The second kappa shape index (κ2) is 10.2. The Bertz CT molecular complexity index is 1720. The first-order valence-corrected chi connectivity index (χ1v) is 14.3. The molecule has 4 atom stereocenters. The summed E-state index contributed by atoms with van der Waals surface area (Å²) >= 11 is 1.19. The Morgan fingerprint density at radius 3 is 2.51 bits per heavy atom. The number of rotatable bonds is 6. The van der Waals surface area contributed by atoms with Crippen molar-refractivity contribution in [3.63, 3.8) is 0 Å². The number of benzene rings is 2. The first kappa shape index (κ1) is 26.8. The van der Waals surface area contributed by atoms with Gasteiger partial charge in [0.25, 0.3) is 5.91 Å². The number of hydrogen-bond donors (Lipinski definition) is 5. The molecule has 2 heterocycles. The van der Waals surface area contributed by atoms with E-state index in [-0.39, 0.29) is 23.9 Å². The average molecular weight is 567 g/mol. The van der Waals surface area contributed by atoms with Crippen molar-refractivity contribution < 1.29 is 14.4 Å². The van der Waals surface area contributed by atoms with Gasteiger partial charge in [-0.25, -0.2) is 0 Å². The number of carbonyl (C=O) groups excluding carboxylic acids is 3. The molecule has 10 heteroatoms. The number of nitrogen functional groups attached to an aromatic ring is 1. The summed E-state index contributed by atoms with van der Waals surface area (Å²) in [5.74, 6) is -1.12. The van der Waals surface area contributed by atoms with Crippen LogP contribution in [0.15, 0.2) is 73.4 Å². The zero-order valence-corrected chi connectivity index (χ0v) is 23.0. The number of carbonyl (C=O) groups is 3. The maximum atomic E-state index is 14.1. The second-order valence-electron chi connectivity index (χ2n) is 10.5. The lowest BCUT2D eigenvalue weighted by molar-refractivity contribution is -0.124. The lowest BCUT2D eigenvalue weighted by Gasteiger charge is -2.36. The number of nitrogens with one attached hydrogen (secondary N) is 2. The number of nitrogens with zero attached hydrogens (tertiary/aromatic N) is 1. The van der Waals surface area contributed by atoms with Gasteiger partial charge >= 0.3 is 0 Å². The molecule has 208 valence electrons. The van der Waals surface area contributed by atoms with Crippen LogP contribution in [0.4, 0.5) is 5.69 Å². The summed E-state index contributed by atoms with van der Waals surface area (Å²) in [6.45, 7) is 3.51. The topological polar surface area (TPSA) is 166 Å². The molecule has 8 N–H and O–H groups in total. The molecule has 4 aromatic rings. The van der Waals surface area contributed by atoms with E-state index in [0.717, 1.165) is 24.0 Å². The van der Waals surface area contributed by atoms with Gasteiger partial charge < -0.3 is 27.8 Å². The van der Waals surface area contributed by atoms with Gasteiger partial charge in [-0.05, 0) is 60.2 Å². The van der Waals surface area contributed by atoms with Gasteiger partial charge in [0.05, 0.1) is 21.3 Å². The lowest BCUT2D eigenvalue weighted by atomic mass is 9.72. The molecule has 2 amide bonds. The van der Waals surface area contributed by atoms with Gasteiger partial charge in [-0.2, -0.15) is 0 Å². The maximum absolute atomic E-state index is 14.1. The van der Waals surface area contributed by atoms with Crippen LogP contribution < -0.4 is 27.8 Å². The number of thiophene rings is 1. The highest BCUT2D eigenvalue weighted by Gasteiger charge is 2.50. The number of aromatic nitrogens is 1. The van der Waals surface area contributed by atoms with Crippen molar-refractivity contribution in [1.29, 1.82) is 0 Å². The third kappa shape index (κ3) is 4.31. The number of Topliss-reactive ketones (excluding diaryl/α,β-unsaturated/α-hetero) is 1. The fourth-order valence-electron chi connectivity index (χ4n) is 6.05. The normalized spacial score (nSPS) is 23.4. The van der Waals surface area contributed by atoms with E-state index in [1.807, 2.05) is 42.5 Å². The van der Waals surface area contributed by atoms with Gasteiger partial charge in [-0.3, -0.25) is 19.4 Å². The van der Waals surface area contributed by atoms with E-state index in [2.05, 4.69) is 22.2 Å². The number of nitrogens with two attached hydrogens (primary N) is 3. The highest BCUT2D eigenvalue weighted by atomic mass is 32.1. The van der Waals surface area contributed by atoms with Crippen molar-refractivity contribution >= 4 is 44.7 Å². The average Bonchev–Trinajstić information content (AvgIpc) is 3.61. The number of ketones is 1. The third-order valence-electron chi connectivity index (χ3n) is 8.14. The van der Waals surface area contributed by atoms with Crippen LogP contribution in [-0.4, -0.2) is 34.7 Å². The van der Waals surface area contributed by atoms with E-state index >= 15 is 0 Å². The van der Waals surface area contributed by atoms with Crippen molar-refractivity contribution in [3.05, 3.63) is 95.1 Å². The fourth-order valence-corrected chi connectivity index (χ4v) is 7.25. The molecule has 2 aromatic heterocycles. The van der Waals surface area contributed by atoms with Crippen LogP contribution in [0.5, 0.6) is 0 Å². The third-order valence-corrected chi connectivity index (χ3v) is 9.39. The predicted octanol–water partition coefficient (Wildman–Crippen LogP) is 3.28. The van der Waals surface area contributed by atoms with Crippen LogP contribution in [0.2, 0.25) is 0 Å². The standard InChI is InChI=1S/C31H30N6O3S/c1-2-23(38)36-20-9-6-10-21(20)37-30(40)28-25-24-18(11-12-19(32)27(24)41-28)31(34,29(39)26(25)33)22-15-17(13-14-35-22)16-7-4-3-5-8-16/h2-5,7-8,11-15,20-21,26H,1,6,9-10,32-34H2,(H,36,38)(H,37,40)/t20-,21+,26?,31?/m0/s1. The van der Waals surface area contributed by atoms with Crippen LogP contribution in [0.1, 0.15) is 51.8 Å². The molecule has 2 aliphatic rings. The molecule has 2 aromatic carbocycles. The van der Waals surface area contributed by atoms with Crippen molar-refractivity contribution in [1.82, 2.24) is 15.6 Å². The molecule has 0 saturated heterocycles. The number of amides is 2. The Morgan fingerprint density at radius 2 is 1.78 bits per heavy atom. The number of pyridine rings is 1. The van der Waals surface area contributed by atoms with Gasteiger partial charge in [-0.1, -0.05) is 43.0 Å². The molecule has 6 rings (SSSR count). The van der Waals surface area contributed by atoms with Crippen LogP contribution in [0, 0.1) is 0 Å². The van der Waals surface area contributed by atoms with E-state index in [0.29, 0.717) is 43.9 Å². The largest absolute Gasteiger partial charge is 0.398 e. The first-order valence-electron chi connectivity index (χ1n) is 13.4. The van der Waals surface area contributed by atoms with Crippen LogP contribution >= 0.6 is 11.3 Å². The van der Waals surface area contributed by atoms with Crippen LogP contribution in [0.25, 0.3) is 21.2 Å². The molecule has 2 aliphatic carbocycles. The minimum atomic E-state index is -1.65. The van der Waals surface area contributed by atoms with Gasteiger partial charge in [0.2, 0.25) is 5.91 Å². The molecule has 41 heavy (non-hydrogen) atoms. The molecule has 1 saturated carbocycles. The molecule has 0 bridgehead atoms. The van der Waals surface area contributed by atoms with E-state index in [1.165, 1.54) is 17.4 Å². The summed E-state index contributed by atoms with van der Waals surface area (Å²) in [6, 6.07) is 15.2. The van der Waals surface area contributed by atoms with E-state index in [1.54, 1.807) is 18.3 Å². The smallest absolute Gasteiger partial charge is 0.262 e. The molecule has 9 nitrogen and oxygen atoms in total. The van der Waals surface area contributed by atoms with Crippen molar-refractivity contribution in [3.8, 4) is 11.1 Å². The maximum Gasteiger partial charge on any atom is 0.262 e. The molecular formula is C31H30N6O3S. The summed E-state index contributed by atoms with van der Waals surface area (Å²) in [5.41, 5.74) is 21.9. The summed E-state index contributed by atoms with van der Waals surface area (Å²) < 4.78 is 0.641. The Balaban J connectivity index is 1.44. The number of anilines is 1. The Hall–Kier alpha value is -4.38. The van der Waals surface area contributed by atoms with E-state index in [9.17, 15) is 14.4 Å². The molecule has 2 unspecified atom stereocenters. The van der Waals surface area contributed by atoms with Crippen LogP contribution in [0.3, 0.4) is 0 Å². The number of hydrogen-bond acceptors (Lipinski definition) is 8. The minimum Gasteiger partial charge on any atom is -0.398 e. The Kier molecular flexibility index (Phi) is 6.69. The first-order chi connectivity index (χ1) is 19.7. The zero-order valence-electron chi connectivity index (χ0n) is 22.2. The molecule has 0 radical (unpaired) electrons. The monoisotopic (exact) mass is 566 g/mol. The minimum absolute atomic E-state index is 0.217. The summed E-state index contributed by atoms with van der Waals surface area (Å²) in [4.78, 5) is 44.5. The van der Waals surface area contributed by atoms with Gasteiger partial charge in [0.15, 0.2) is 5.78 Å². The van der Waals surface area contributed by atoms with Crippen molar-refractivity contribution in [2.24, 2.45) is 11.5 Å². The molecular weight excluding hydrogens is 536 g/mol. The highest BCUT2D eigenvalue weighted by Crippen LogP contribution is 2.49. The van der Waals surface area contributed by atoms with Crippen molar-refractivity contribution in [2.75, 3.05) is 5.73 Å². The predicted molar refractivity (Wildman–Crippen MR) is 160 cm³/mol. The van der Waals surface area contributed by atoms with Gasteiger partial charge in [0.1, 0.15) is 5.54 Å². The molecule has 1 fully saturated rings. The SMILES string of the molecule is C=CC(=O)N[C@H]1CCC[C@H]1NC(=O)c1sc2c(N)ccc3c2c1C(N)C(=O)C3(N)c1cc(-c2ccccc2)ccn1. The molecule has 0 spiro atoms. The highest BCUT2D eigenvalue weighted by molar-refractivity contribution is 7.21. The lowest BCUT2D eigenvalue weighted by Crippen LogP contribution is -2.53. The van der Waals surface area contributed by atoms with Gasteiger partial charge in [-0.15, -0.1) is 11.3 Å². The van der Waals surface area contributed by atoms with Gasteiger partial charge in [0, 0.05) is 34.9 Å². The van der Waals surface area contributed by atoms with E-state index in [4.69, 9.17) is 17.2 Å². The quantitative estimate of drug-likeness (QED) is 0.176. The Morgan fingerprint density at radius 1 is 1.05 bits per heavy atom. The van der Waals surface area contributed by atoms with E-state index < -0.39 is 17.4 Å². The van der Waals surface area contributed by atoms with Crippen molar-refractivity contribution in [2.45, 2.75) is 42.9 Å². The Labute approximate surface area is 240 Å². The van der Waals surface area contributed by atoms with Crippen LogP contribution in [-0.2, 0) is 15.1 Å². The summed E-state index contributed by atoms with van der Waals surface area (Å²) in [7, 11) is 0. The fraction of sp³-hybridized carbons (Fsp3) is 0.226. The summed E-state index contributed by atoms with van der Waals surface area (Å²) in [6.07, 6.45) is 5.15.